The zero-order valence-electron chi connectivity index (χ0n) is 10.1. The summed E-state index contributed by atoms with van der Waals surface area (Å²) in [5, 5.41) is 3.16. The summed E-state index contributed by atoms with van der Waals surface area (Å²) in [4.78, 5) is 8.02. The highest BCUT2D eigenvalue weighted by Gasteiger charge is 2.05. The monoisotopic (exact) mass is 308 g/mol. The molecule has 0 spiro atoms. The maximum Gasteiger partial charge on any atom is 0.225 e. The molecule has 94 valence electrons. The molecule has 3 N–H and O–H groups in total. The molecule has 0 saturated heterocycles. The van der Waals surface area contributed by atoms with Crippen LogP contribution in [-0.4, -0.2) is 17.1 Å². The Morgan fingerprint density at radius 2 is 2.06 bits per heavy atom. The average molecular weight is 309 g/mol. The molecule has 1 heterocycles. The third kappa shape index (κ3) is 2.89. The summed E-state index contributed by atoms with van der Waals surface area (Å²) < 4.78 is 6.00. The Kier molecular flexibility index (Phi) is 3.66. The molecule has 2 aromatic rings. The van der Waals surface area contributed by atoms with Crippen molar-refractivity contribution in [3.05, 3.63) is 34.3 Å². The number of hydrogen-bond donors (Lipinski definition) is 2. The van der Waals surface area contributed by atoms with Crippen molar-refractivity contribution in [2.24, 2.45) is 0 Å². The van der Waals surface area contributed by atoms with Gasteiger partial charge in [-0.2, -0.15) is 9.97 Å². The molecule has 5 nitrogen and oxygen atoms in total. The summed E-state index contributed by atoms with van der Waals surface area (Å²) in [6, 6.07) is 7.67. The number of nitrogens with one attached hydrogen (secondary N) is 1. The number of halogens is 1. The Hall–Kier alpha value is -1.82. The van der Waals surface area contributed by atoms with E-state index in [1.807, 2.05) is 25.1 Å². The van der Waals surface area contributed by atoms with Crippen LogP contribution in [0.1, 0.15) is 5.56 Å². The molecule has 0 aliphatic heterocycles. The molecule has 0 saturated carbocycles. The zero-order valence-corrected chi connectivity index (χ0v) is 11.7. The molecule has 6 heteroatoms. The number of hydrogen-bond acceptors (Lipinski definition) is 5. The van der Waals surface area contributed by atoms with Crippen LogP contribution < -0.4 is 15.8 Å². The Balaban J connectivity index is 2.30. The van der Waals surface area contributed by atoms with Gasteiger partial charge in [-0.1, -0.05) is 6.07 Å². The normalized spacial score (nSPS) is 10.2. The fourth-order valence-electron chi connectivity index (χ4n) is 1.47. The fraction of sp³-hybridized carbons (Fsp3) is 0.167. The number of ether oxygens (including phenoxy) is 1. The molecular formula is C12H13BrN4O. The van der Waals surface area contributed by atoms with Gasteiger partial charge in [-0.15, -0.1) is 0 Å². The van der Waals surface area contributed by atoms with Gasteiger partial charge in [0.15, 0.2) is 0 Å². The second kappa shape index (κ2) is 5.22. The van der Waals surface area contributed by atoms with Crippen molar-refractivity contribution in [1.82, 2.24) is 9.97 Å². The van der Waals surface area contributed by atoms with Gasteiger partial charge in [-0.3, -0.25) is 0 Å². The minimum atomic E-state index is 0.167. The van der Waals surface area contributed by atoms with Crippen molar-refractivity contribution in [2.75, 3.05) is 18.2 Å². The van der Waals surface area contributed by atoms with Crippen molar-refractivity contribution in [1.29, 1.82) is 0 Å². The number of aryl methyl sites for hydroxylation is 1. The summed E-state index contributed by atoms with van der Waals surface area (Å²) in [7, 11) is 1.54. The number of benzene rings is 1. The first kappa shape index (κ1) is 12.6. The highest BCUT2D eigenvalue weighted by atomic mass is 79.9. The van der Waals surface area contributed by atoms with E-state index in [1.165, 1.54) is 12.7 Å². The molecular weight excluding hydrogens is 296 g/mol. The SMILES string of the molecule is COc1cc(Nc2ccc(C)cc2Br)nc(N)n1. The lowest BCUT2D eigenvalue weighted by molar-refractivity contribution is 0.398. The Morgan fingerprint density at radius 1 is 1.28 bits per heavy atom. The number of methoxy groups -OCH3 is 1. The predicted molar refractivity (Wildman–Crippen MR) is 75.2 cm³/mol. The Bertz CT molecular complexity index is 574. The van der Waals surface area contributed by atoms with Crippen LogP contribution in [0.15, 0.2) is 28.7 Å². The lowest BCUT2D eigenvalue weighted by Crippen LogP contribution is -2.02. The van der Waals surface area contributed by atoms with E-state index >= 15 is 0 Å². The molecule has 0 fully saturated rings. The van der Waals surface area contributed by atoms with E-state index in [-0.39, 0.29) is 5.95 Å². The average Bonchev–Trinajstić information content (AvgIpc) is 2.32. The van der Waals surface area contributed by atoms with Gasteiger partial charge in [0.05, 0.1) is 12.8 Å². The molecule has 0 aliphatic rings. The molecule has 2 rings (SSSR count). The quantitative estimate of drug-likeness (QED) is 0.912. The van der Waals surface area contributed by atoms with Gasteiger partial charge >= 0.3 is 0 Å². The lowest BCUT2D eigenvalue weighted by Gasteiger charge is -2.09. The van der Waals surface area contributed by atoms with Gasteiger partial charge in [0, 0.05) is 10.5 Å². The summed E-state index contributed by atoms with van der Waals surface area (Å²) in [5.74, 6) is 1.18. The van der Waals surface area contributed by atoms with Crippen molar-refractivity contribution in [3.8, 4) is 5.88 Å². The lowest BCUT2D eigenvalue weighted by atomic mass is 10.2. The predicted octanol–water partition coefficient (Wildman–Crippen LogP) is 2.88. The van der Waals surface area contributed by atoms with Gasteiger partial charge in [0.1, 0.15) is 5.82 Å². The second-order valence-electron chi connectivity index (χ2n) is 3.76. The topological polar surface area (TPSA) is 73.1 Å². The minimum absolute atomic E-state index is 0.167. The molecule has 18 heavy (non-hydrogen) atoms. The molecule has 0 amide bonds. The summed E-state index contributed by atoms with van der Waals surface area (Å²) in [5.41, 5.74) is 7.67. The third-order valence-electron chi connectivity index (χ3n) is 2.32. The Labute approximate surface area is 114 Å². The van der Waals surface area contributed by atoms with Gasteiger partial charge in [0.2, 0.25) is 11.8 Å². The third-order valence-corrected chi connectivity index (χ3v) is 2.97. The van der Waals surface area contributed by atoms with Crippen LogP contribution >= 0.6 is 15.9 Å². The van der Waals surface area contributed by atoms with E-state index in [0.29, 0.717) is 11.7 Å². The summed E-state index contributed by atoms with van der Waals surface area (Å²) in [6.45, 7) is 2.03. The van der Waals surface area contributed by atoms with Crippen LogP contribution in [0.25, 0.3) is 0 Å². The maximum atomic E-state index is 5.60. The van der Waals surface area contributed by atoms with E-state index < -0.39 is 0 Å². The summed E-state index contributed by atoms with van der Waals surface area (Å²) >= 11 is 3.49. The van der Waals surface area contributed by atoms with Gasteiger partial charge in [0.25, 0.3) is 0 Å². The van der Waals surface area contributed by atoms with Crippen LogP contribution in [0.4, 0.5) is 17.5 Å². The Morgan fingerprint density at radius 3 is 2.72 bits per heavy atom. The van der Waals surface area contributed by atoms with Crippen LogP contribution in [0.5, 0.6) is 5.88 Å². The van der Waals surface area contributed by atoms with Crippen molar-refractivity contribution < 1.29 is 4.74 Å². The minimum Gasteiger partial charge on any atom is -0.481 e. The standard InChI is InChI=1S/C12H13BrN4O/c1-7-3-4-9(8(13)5-7)15-10-6-11(18-2)17-12(14)16-10/h3-6H,1-2H3,(H3,14,15,16,17). The molecule has 0 radical (unpaired) electrons. The van der Waals surface area contributed by atoms with E-state index in [4.69, 9.17) is 10.5 Å². The highest BCUT2D eigenvalue weighted by molar-refractivity contribution is 9.10. The highest BCUT2D eigenvalue weighted by Crippen LogP contribution is 2.27. The number of anilines is 3. The molecule has 0 aliphatic carbocycles. The van der Waals surface area contributed by atoms with Gasteiger partial charge < -0.3 is 15.8 Å². The first-order valence-corrected chi connectivity index (χ1v) is 6.09. The number of nitrogens with two attached hydrogens (primary N) is 1. The van der Waals surface area contributed by atoms with Crippen LogP contribution in [0.2, 0.25) is 0 Å². The van der Waals surface area contributed by atoms with Crippen LogP contribution in [-0.2, 0) is 0 Å². The van der Waals surface area contributed by atoms with Crippen molar-refractivity contribution in [2.45, 2.75) is 6.92 Å². The van der Waals surface area contributed by atoms with Crippen LogP contribution in [0.3, 0.4) is 0 Å². The van der Waals surface area contributed by atoms with Crippen LogP contribution in [0, 0.1) is 6.92 Å². The van der Waals surface area contributed by atoms with Gasteiger partial charge in [-0.05, 0) is 40.5 Å². The molecule has 0 unspecified atom stereocenters. The van der Waals surface area contributed by atoms with Crippen molar-refractivity contribution >= 4 is 33.4 Å². The first-order chi connectivity index (χ1) is 8.58. The second-order valence-corrected chi connectivity index (χ2v) is 4.62. The number of nitrogen functional groups attached to an aromatic ring is 1. The summed E-state index contributed by atoms with van der Waals surface area (Å²) in [6.07, 6.45) is 0. The van der Waals surface area contributed by atoms with E-state index in [9.17, 15) is 0 Å². The molecule has 0 bridgehead atoms. The first-order valence-electron chi connectivity index (χ1n) is 5.30. The number of nitrogens with zero attached hydrogens (tertiary/aromatic N) is 2. The smallest absolute Gasteiger partial charge is 0.225 e. The van der Waals surface area contributed by atoms with E-state index in [1.54, 1.807) is 6.07 Å². The maximum absolute atomic E-state index is 5.60. The molecule has 1 aromatic heterocycles. The van der Waals surface area contributed by atoms with E-state index in [2.05, 4.69) is 31.2 Å². The number of aromatic nitrogens is 2. The largest absolute Gasteiger partial charge is 0.481 e. The number of rotatable bonds is 3. The van der Waals surface area contributed by atoms with Crippen molar-refractivity contribution in [3.63, 3.8) is 0 Å². The molecule has 1 aromatic carbocycles. The van der Waals surface area contributed by atoms with E-state index in [0.717, 1.165) is 10.2 Å². The van der Waals surface area contributed by atoms with Gasteiger partial charge in [-0.25, -0.2) is 0 Å². The zero-order chi connectivity index (χ0) is 13.1. The molecule has 0 atom stereocenters. The fourth-order valence-corrected chi connectivity index (χ4v) is 2.06.